The van der Waals surface area contributed by atoms with Gasteiger partial charge in [0.25, 0.3) is 0 Å². The van der Waals surface area contributed by atoms with E-state index in [2.05, 4.69) is 14.4 Å². The predicted octanol–water partition coefficient (Wildman–Crippen LogP) is 1.43. The Hall–Kier alpha value is -1.34. The minimum atomic E-state index is -3.57. The zero-order valence-electron chi connectivity index (χ0n) is 9.72. The van der Waals surface area contributed by atoms with Crippen molar-refractivity contribution in [3.8, 4) is 0 Å². The largest absolute Gasteiger partial charge is 0.469 e. The first-order valence-corrected chi connectivity index (χ1v) is 7.15. The second-order valence-corrected chi connectivity index (χ2v) is 5.68. The maximum Gasteiger partial charge on any atom is 0.305 e. The maximum atomic E-state index is 11.7. The average molecular weight is 293 g/mol. The molecule has 100 valence electrons. The van der Waals surface area contributed by atoms with Crippen molar-refractivity contribution in [3.63, 3.8) is 0 Å². The molecule has 8 heteroatoms. The molecular weight excluding hydrogens is 280 g/mol. The summed E-state index contributed by atoms with van der Waals surface area (Å²) in [4.78, 5) is 14.6. The third-order valence-corrected chi connectivity index (χ3v) is 3.67. The fraction of sp³-hybridized carbons (Fsp3) is 0.400. The number of aromatic nitrogens is 1. The highest BCUT2D eigenvalue weighted by Crippen LogP contribution is 2.18. The van der Waals surface area contributed by atoms with Gasteiger partial charge in [0.05, 0.1) is 17.9 Å². The lowest BCUT2D eigenvalue weighted by atomic mass is 10.3. The quantitative estimate of drug-likeness (QED) is 0.802. The molecule has 0 amide bonds. The summed E-state index contributed by atoms with van der Waals surface area (Å²) in [5, 5.41) is 0.217. The molecular formula is C10H13ClN2O4S. The van der Waals surface area contributed by atoms with Gasteiger partial charge in [-0.2, -0.15) is 0 Å². The van der Waals surface area contributed by atoms with Gasteiger partial charge in [0.2, 0.25) is 10.0 Å². The number of nitrogens with one attached hydrogen (secondary N) is 1. The lowest BCUT2D eigenvalue weighted by Crippen LogP contribution is -2.18. The number of methoxy groups -OCH3 is 1. The first-order chi connectivity index (χ1) is 8.44. The Morgan fingerprint density at radius 2 is 2.28 bits per heavy atom. The Labute approximate surface area is 110 Å². The summed E-state index contributed by atoms with van der Waals surface area (Å²) in [7, 11) is -2.31. The van der Waals surface area contributed by atoms with E-state index in [0.717, 1.165) is 0 Å². The minimum absolute atomic E-state index is 0.0490. The van der Waals surface area contributed by atoms with E-state index in [1.54, 1.807) is 6.07 Å². The fourth-order valence-electron chi connectivity index (χ4n) is 1.17. The van der Waals surface area contributed by atoms with Crippen LogP contribution in [0.4, 0.5) is 5.82 Å². The first-order valence-electron chi connectivity index (χ1n) is 5.12. The van der Waals surface area contributed by atoms with Crippen LogP contribution in [-0.2, 0) is 19.6 Å². The first kappa shape index (κ1) is 14.7. The summed E-state index contributed by atoms with van der Waals surface area (Å²) < 4.78 is 30.0. The highest BCUT2D eigenvalue weighted by molar-refractivity contribution is 7.92. The smallest absolute Gasteiger partial charge is 0.305 e. The van der Waals surface area contributed by atoms with Crippen molar-refractivity contribution in [2.75, 3.05) is 17.6 Å². The second kappa shape index (κ2) is 6.55. The van der Waals surface area contributed by atoms with Gasteiger partial charge in [-0.15, -0.1) is 0 Å². The van der Waals surface area contributed by atoms with Crippen LogP contribution in [0.5, 0.6) is 0 Å². The van der Waals surface area contributed by atoms with Gasteiger partial charge >= 0.3 is 5.97 Å². The standard InChI is InChI=1S/C10H13ClN2O4S/c1-17-9(14)5-3-7-18(15,16)13-10-8(11)4-2-6-12-10/h2,4,6H,3,5,7H2,1H3,(H,12,13). The van der Waals surface area contributed by atoms with E-state index in [0.29, 0.717) is 0 Å². The highest BCUT2D eigenvalue weighted by atomic mass is 35.5. The van der Waals surface area contributed by atoms with Crippen molar-refractivity contribution in [3.05, 3.63) is 23.4 Å². The summed E-state index contributed by atoms with van der Waals surface area (Å²) >= 11 is 5.77. The van der Waals surface area contributed by atoms with Gasteiger partial charge in [0.1, 0.15) is 0 Å². The molecule has 0 radical (unpaired) electrons. The number of nitrogens with zero attached hydrogens (tertiary/aromatic N) is 1. The Morgan fingerprint density at radius 1 is 1.56 bits per heavy atom. The van der Waals surface area contributed by atoms with Gasteiger partial charge in [0, 0.05) is 12.6 Å². The van der Waals surface area contributed by atoms with Gasteiger partial charge in [-0.3, -0.25) is 9.52 Å². The second-order valence-electron chi connectivity index (χ2n) is 3.43. The zero-order valence-corrected chi connectivity index (χ0v) is 11.3. The monoisotopic (exact) mass is 292 g/mol. The van der Waals surface area contributed by atoms with Gasteiger partial charge in [0.15, 0.2) is 5.82 Å². The number of hydrogen-bond donors (Lipinski definition) is 1. The molecule has 0 saturated heterocycles. The van der Waals surface area contributed by atoms with E-state index in [1.807, 2.05) is 0 Å². The van der Waals surface area contributed by atoms with E-state index >= 15 is 0 Å². The fourth-order valence-corrected chi connectivity index (χ4v) is 2.48. The van der Waals surface area contributed by atoms with E-state index < -0.39 is 16.0 Å². The predicted molar refractivity (Wildman–Crippen MR) is 67.9 cm³/mol. The molecule has 1 rings (SSSR count). The van der Waals surface area contributed by atoms with Gasteiger partial charge in [-0.05, 0) is 18.6 Å². The number of anilines is 1. The molecule has 1 aromatic heterocycles. The summed E-state index contributed by atoms with van der Waals surface area (Å²) in [6.07, 6.45) is 1.65. The molecule has 0 aliphatic heterocycles. The van der Waals surface area contributed by atoms with E-state index in [4.69, 9.17) is 11.6 Å². The average Bonchev–Trinajstić information content (AvgIpc) is 2.31. The van der Waals surface area contributed by atoms with Crippen LogP contribution in [0.3, 0.4) is 0 Å². The SMILES string of the molecule is COC(=O)CCCS(=O)(=O)Nc1ncccc1Cl. The summed E-state index contributed by atoms with van der Waals surface area (Å²) in [5.41, 5.74) is 0. The molecule has 1 heterocycles. The highest BCUT2D eigenvalue weighted by Gasteiger charge is 2.14. The topological polar surface area (TPSA) is 85.4 Å². The van der Waals surface area contributed by atoms with Crippen molar-refractivity contribution >= 4 is 33.4 Å². The molecule has 0 aromatic carbocycles. The van der Waals surface area contributed by atoms with Gasteiger partial charge in [-0.1, -0.05) is 11.6 Å². The van der Waals surface area contributed by atoms with E-state index in [9.17, 15) is 13.2 Å². The number of esters is 1. The molecule has 6 nitrogen and oxygen atoms in total. The van der Waals surface area contributed by atoms with Crippen LogP contribution in [-0.4, -0.2) is 32.2 Å². The zero-order chi connectivity index (χ0) is 13.6. The van der Waals surface area contributed by atoms with Crippen molar-refractivity contribution < 1.29 is 17.9 Å². The number of sulfonamides is 1. The van der Waals surface area contributed by atoms with E-state index in [-0.39, 0.29) is 29.4 Å². The van der Waals surface area contributed by atoms with E-state index in [1.165, 1.54) is 19.4 Å². The van der Waals surface area contributed by atoms with Crippen LogP contribution in [0.25, 0.3) is 0 Å². The molecule has 1 aromatic rings. The van der Waals surface area contributed by atoms with Gasteiger partial charge < -0.3 is 4.74 Å². The van der Waals surface area contributed by atoms with Crippen LogP contribution >= 0.6 is 11.6 Å². The Kier molecular flexibility index (Phi) is 5.36. The number of carbonyl (C=O) groups excluding carboxylic acids is 1. The number of carbonyl (C=O) groups is 1. The molecule has 0 atom stereocenters. The van der Waals surface area contributed by atoms with Crippen molar-refractivity contribution in [2.45, 2.75) is 12.8 Å². The molecule has 18 heavy (non-hydrogen) atoms. The number of pyridine rings is 1. The van der Waals surface area contributed by atoms with Crippen molar-refractivity contribution in [1.29, 1.82) is 0 Å². The normalized spacial score (nSPS) is 11.0. The maximum absolute atomic E-state index is 11.7. The molecule has 0 aliphatic rings. The minimum Gasteiger partial charge on any atom is -0.469 e. The van der Waals surface area contributed by atoms with Crippen LogP contribution in [0.2, 0.25) is 5.02 Å². The Bertz CT molecular complexity index is 518. The van der Waals surface area contributed by atoms with Crippen LogP contribution < -0.4 is 4.72 Å². The molecule has 1 N–H and O–H groups in total. The molecule has 0 aliphatic carbocycles. The third kappa shape index (κ3) is 4.89. The lowest BCUT2D eigenvalue weighted by molar-refractivity contribution is -0.140. The van der Waals surface area contributed by atoms with Crippen LogP contribution in [0.1, 0.15) is 12.8 Å². The summed E-state index contributed by atoms with van der Waals surface area (Å²) in [5.74, 6) is -0.562. The molecule has 0 unspecified atom stereocenters. The molecule has 0 bridgehead atoms. The van der Waals surface area contributed by atoms with Crippen LogP contribution in [0.15, 0.2) is 18.3 Å². The van der Waals surface area contributed by atoms with Gasteiger partial charge in [-0.25, -0.2) is 13.4 Å². The van der Waals surface area contributed by atoms with Crippen LogP contribution in [0, 0.1) is 0 Å². The molecule has 0 saturated carbocycles. The number of hydrogen-bond acceptors (Lipinski definition) is 5. The summed E-state index contributed by atoms with van der Waals surface area (Å²) in [6, 6.07) is 3.12. The molecule has 0 fully saturated rings. The number of rotatable bonds is 6. The number of ether oxygens (including phenoxy) is 1. The van der Waals surface area contributed by atoms with Crippen molar-refractivity contribution in [1.82, 2.24) is 4.98 Å². The van der Waals surface area contributed by atoms with Crippen molar-refractivity contribution in [2.24, 2.45) is 0 Å². The third-order valence-electron chi connectivity index (χ3n) is 2.03. The number of halogens is 1. The summed E-state index contributed by atoms with van der Waals surface area (Å²) in [6.45, 7) is 0. The molecule has 0 spiro atoms. The lowest BCUT2D eigenvalue weighted by Gasteiger charge is -2.07. The Balaban J connectivity index is 2.55. The Morgan fingerprint density at radius 3 is 2.89 bits per heavy atom.